The van der Waals surface area contributed by atoms with Crippen LogP contribution in [0.25, 0.3) is 0 Å². The van der Waals surface area contributed by atoms with E-state index in [-0.39, 0.29) is 24.4 Å². The third-order valence-corrected chi connectivity index (χ3v) is 6.43. The molecule has 2 bridgehead atoms. The molecular weight excluding hydrogens is 344 g/mol. The summed E-state index contributed by atoms with van der Waals surface area (Å²) < 4.78 is 5.31. The molecule has 27 heavy (non-hydrogen) atoms. The van der Waals surface area contributed by atoms with Gasteiger partial charge < -0.3 is 10.1 Å². The fourth-order valence-corrected chi connectivity index (χ4v) is 5.00. The van der Waals surface area contributed by atoms with Crippen molar-refractivity contribution in [2.45, 2.75) is 51.5 Å². The molecule has 1 aliphatic heterocycles. The molecule has 144 valence electrons. The number of nitrogens with zero attached hydrogens (tertiary/aromatic N) is 1. The number of hydrogen-bond acceptors (Lipinski definition) is 4. The lowest BCUT2D eigenvalue weighted by atomic mass is 9.86. The van der Waals surface area contributed by atoms with Gasteiger partial charge in [-0.15, -0.1) is 0 Å². The predicted octanol–water partition coefficient (Wildman–Crippen LogP) is 3.12. The Kier molecular flexibility index (Phi) is 4.44. The summed E-state index contributed by atoms with van der Waals surface area (Å²) in [7, 11) is 0. The summed E-state index contributed by atoms with van der Waals surface area (Å²) >= 11 is 0. The first-order valence-corrected chi connectivity index (χ1v) is 9.75. The van der Waals surface area contributed by atoms with E-state index in [0.29, 0.717) is 29.6 Å². The first kappa shape index (κ1) is 18.0. The molecule has 0 radical (unpaired) electrons. The standard InChI is InChI=1S/C21H26N2O4/c1-21(2)20(26)22-16-5-3-4-6-17(16)23(21)18(24)12-27-19(25)11-15-10-13-7-8-14(15)9-13/h3-6,13-15H,7-12H2,1-2H3,(H,22,26)/t13-,14-,15-/m1/s1. The van der Waals surface area contributed by atoms with Gasteiger partial charge >= 0.3 is 5.97 Å². The van der Waals surface area contributed by atoms with Crippen molar-refractivity contribution < 1.29 is 19.1 Å². The Bertz CT molecular complexity index is 788. The first-order valence-electron chi connectivity index (χ1n) is 9.75. The van der Waals surface area contributed by atoms with Gasteiger partial charge in [0.25, 0.3) is 5.91 Å². The van der Waals surface area contributed by atoms with Crippen molar-refractivity contribution in [2.24, 2.45) is 17.8 Å². The molecule has 3 atom stereocenters. The molecule has 0 spiro atoms. The van der Waals surface area contributed by atoms with Crippen molar-refractivity contribution >= 4 is 29.2 Å². The predicted molar refractivity (Wildman–Crippen MR) is 101 cm³/mol. The van der Waals surface area contributed by atoms with Crippen LogP contribution < -0.4 is 10.2 Å². The van der Waals surface area contributed by atoms with Crippen molar-refractivity contribution in [3.63, 3.8) is 0 Å². The fraction of sp³-hybridized carbons (Fsp3) is 0.571. The number of fused-ring (bicyclic) bond motifs is 3. The number of rotatable bonds is 4. The molecule has 6 heteroatoms. The highest BCUT2D eigenvalue weighted by Gasteiger charge is 2.44. The van der Waals surface area contributed by atoms with Crippen LogP contribution in [0.3, 0.4) is 0 Å². The SMILES string of the molecule is CC1(C)C(=O)Nc2ccccc2N1C(=O)COC(=O)C[C@H]1C[C@@H]2CC[C@@H]1C2. The molecular formula is C21H26N2O4. The molecule has 2 aliphatic carbocycles. The van der Waals surface area contributed by atoms with E-state index < -0.39 is 5.54 Å². The van der Waals surface area contributed by atoms with Crippen molar-refractivity contribution in [3.8, 4) is 0 Å². The van der Waals surface area contributed by atoms with Crippen molar-refractivity contribution in [1.29, 1.82) is 0 Å². The Labute approximate surface area is 159 Å². The first-order chi connectivity index (χ1) is 12.9. The van der Waals surface area contributed by atoms with E-state index in [0.717, 1.165) is 12.3 Å². The Morgan fingerprint density at radius 3 is 2.70 bits per heavy atom. The molecule has 2 amide bonds. The third-order valence-electron chi connectivity index (χ3n) is 6.43. The molecule has 3 aliphatic rings. The molecule has 0 saturated heterocycles. The minimum Gasteiger partial charge on any atom is -0.456 e. The number of amides is 2. The van der Waals surface area contributed by atoms with Gasteiger partial charge in [-0.2, -0.15) is 0 Å². The molecule has 6 nitrogen and oxygen atoms in total. The summed E-state index contributed by atoms with van der Waals surface area (Å²) in [6.07, 6.45) is 5.26. The average molecular weight is 370 g/mol. The van der Waals surface area contributed by atoms with Crippen LogP contribution in [0.1, 0.15) is 46.0 Å². The number of carbonyl (C=O) groups is 3. The van der Waals surface area contributed by atoms with Crippen LogP contribution >= 0.6 is 0 Å². The Morgan fingerprint density at radius 1 is 1.22 bits per heavy atom. The molecule has 0 aromatic heterocycles. The summed E-state index contributed by atoms with van der Waals surface area (Å²) in [6, 6.07) is 7.15. The lowest BCUT2D eigenvalue weighted by Crippen LogP contribution is -2.59. The molecule has 1 N–H and O–H groups in total. The van der Waals surface area contributed by atoms with Gasteiger partial charge in [0.1, 0.15) is 5.54 Å². The highest BCUT2D eigenvalue weighted by molar-refractivity contribution is 6.14. The highest BCUT2D eigenvalue weighted by Crippen LogP contribution is 2.49. The van der Waals surface area contributed by atoms with Crippen LogP contribution in [0.4, 0.5) is 11.4 Å². The molecule has 1 heterocycles. The van der Waals surface area contributed by atoms with E-state index in [4.69, 9.17) is 4.74 Å². The second kappa shape index (κ2) is 6.66. The number of nitrogens with one attached hydrogen (secondary N) is 1. The van der Waals surface area contributed by atoms with Gasteiger partial charge in [-0.1, -0.05) is 18.6 Å². The van der Waals surface area contributed by atoms with Gasteiger partial charge in [-0.3, -0.25) is 19.3 Å². The minimum absolute atomic E-state index is 0.261. The third kappa shape index (κ3) is 3.22. The van der Waals surface area contributed by atoms with Crippen LogP contribution in [0.5, 0.6) is 0 Å². The molecule has 2 saturated carbocycles. The smallest absolute Gasteiger partial charge is 0.306 e. The van der Waals surface area contributed by atoms with E-state index in [1.807, 2.05) is 6.07 Å². The largest absolute Gasteiger partial charge is 0.456 e. The van der Waals surface area contributed by atoms with E-state index in [1.54, 1.807) is 32.0 Å². The van der Waals surface area contributed by atoms with Crippen LogP contribution in [-0.2, 0) is 19.1 Å². The lowest BCUT2D eigenvalue weighted by molar-refractivity contribution is -0.149. The summed E-state index contributed by atoms with van der Waals surface area (Å²) in [5, 5.41) is 2.82. The summed E-state index contributed by atoms with van der Waals surface area (Å²) in [5.41, 5.74) is 0.155. The topological polar surface area (TPSA) is 75.7 Å². The average Bonchev–Trinajstić information content (AvgIpc) is 3.23. The number of anilines is 2. The molecule has 1 aromatic rings. The van der Waals surface area contributed by atoms with Crippen LogP contribution in [0, 0.1) is 17.8 Å². The summed E-state index contributed by atoms with van der Waals surface area (Å²) in [5.74, 6) is 0.873. The second-order valence-corrected chi connectivity index (χ2v) is 8.56. The fourth-order valence-electron chi connectivity index (χ4n) is 5.00. The maximum atomic E-state index is 12.9. The van der Waals surface area contributed by atoms with Gasteiger partial charge in [0.05, 0.1) is 11.4 Å². The summed E-state index contributed by atoms with van der Waals surface area (Å²) in [4.78, 5) is 39.0. The highest BCUT2D eigenvalue weighted by atomic mass is 16.5. The molecule has 2 fully saturated rings. The van der Waals surface area contributed by atoms with E-state index in [1.165, 1.54) is 24.2 Å². The van der Waals surface area contributed by atoms with Gasteiger partial charge in [0, 0.05) is 6.42 Å². The van der Waals surface area contributed by atoms with Gasteiger partial charge in [0.2, 0.25) is 5.91 Å². The monoisotopic (exact) mass is 370 g/mol. The minimum atomic E-state index is -1.05. The quantitative estimate of drug-likeness (QED) is 0.826. The van der Waals surface area contributed by atoms with E-state index in [2.05, 4.69) is 5.32 Å². The Morgan fingerprint density at radius 2 is 2.00 bits per heavy atom. The normalized spacial score (nSPS) is 27.9. The number of benzene rings is 1. The van der Waals surface area contributed by atoms with Gasteiger partial charge in [-0.05, 0) is 63.0 Å². The second-order valence-electron chi connectivity index (χ2n) is 8.56. The van der Waals surface area contributed by atoms with Crippen LogP contribution in [0.2, 0.25) is 0 Å². The van der Waals surface area contributed by atoms with Crippen molar-refractivity contribution in [3.05, 3.63) is 24.3 Å². The maximum absolute atomic E-state index is 12.9. The van der Waals surface area contributed by atoms with E-state index >= 15 is 0 Å². The zero-order chi connectivity index (χ0) is 19.2. The number of hydrogen-bond donors (Lipinski definition) is 1. The lowest BCUT2D eigenvalue weighted by Gasteiger charge is -2.41. The number of esters is 1. The van der Waals surface area contributed by atoms with Crippen LogP contribution in [0.15, 0.2) is 24.3 Å². The van der Waals surface area contributed by atoms with Gasteiger partial charge in [0.15, 0.2) is 6.61 Å². The van der Waals surface area contributed by atoms with Crippen molar-refractivity contribution in [2.75, 3.05) is 16.8 Å². The Balaban J connectivity index is 1.41. The molecule has 0 unspecified atom stereocenters. The van der Waals surface area contributed by atoms with E-state index in [9.17, 15) is 14.4 Å². The van der Waals surface area contributed by atoms with Gasteiger partial charge in [-0.25, -0.2) is 0 Å². The summed E-state index contributed by atoms with van der Waals surface area (Å²) in [6.45, 7) is 3.03. The Hall–Kier alpha value is -2.37. The molecule has 1 aromatic carbocycles. The van der Waals surface area contributed by atoms with Crippen molar-refractivity contribution in [1.82, 2.24) is 0 Å². The maximum Gasteiger partial charge on any atom is 0.306 e. The zero-order valence-corrected chi connectivity index (χ0v) is 15.9. The zero-order valence-electron chi connectivity index (χ0n) is 15.9. The van der Waals surface area contributed by atoms with Crippen LogP contribution in [-0.4, -0.2) is 29.9 Å². The molecule has 4 rings (SSSR count). The number of ether oxygens (including phenoxy) is 1. The number of para-hydroxylation sites is 2. The number of carbonyl (C=O) groups excluding carboxylic acids is 3.